The van der Waals surface area contributed by atoms with E-state index in [2.05, 4.69) is 11.8 Å². The van der Waals surface area contributed by atoms with Gasteiger partial charge in [0.05, 0.1) is 17.6 Å². The van der Waals surface area contributed by atoms with Gasteiger partial charge in [-0.1, -0.05) is 47.7 Å². The van der Waals surface area contributed by atoms with Crippen LogP contribution in [0, 0.1) is 18.8 Å². The molecule has 4 N–H and O–H groups in total. The monoisotopic (exact) mass is 465 g/mol. The molecule has 0 amide bonds. The number of rotatable bonds is 3. The second-order valence-electron chi connectivity index (χ2n) is 9.70. The van der Waals surface area contributed by atoms with E-state index in [0.717, 1.165) is 38.6 Å². The van der Waals surface area contributed by atoms with Crippen LogP contribution in [0.5, 0.6) is 0 Å². The Morgan fingerprint density at radius 3 is 2.12 bits per heavy atom. The van der Waals surface area contributed by atoms with Crippen molar-refractivity contribution < 1.29 is 15.0 Å². The van der Waals surface area contributed by atoms with Gasteiger partial charge in [-0.2, -0.15) is 0 Å². The summed E-state index contributed by atoms with van der Waals surface area (Å²) in [6, 6.07) is 15.5. The highest BCUT2D eigenvalue weighted by Crippen LogP contribution is 2.36. The van der Waals surface area contributed by atoms with Gasteiger partial charge in [0.25, 0.3) is 0 Å². The highest BCUT2D eigenvalue weighted by Gasteiger charge is 2.16. The number of benzene rings is 3. The molecule has 0 fully saturated rings. The minimum atomic E-state index is -0.863. The van der Waals surface area contributed by atoms with E-state index in [-0.39, 0.29) is 6.42 Å². The smallest absolute Gasteiger partial charge is 0.307 e. The number of carboxylic acid groups (broad SMARTS) is 1. The van der Waals surface area contributed by atoms with Gasteiger partial charge in [0.15, 0.2) is 0 Å². The molecule has 4 nitrogen and oxygen atoms in total. The lowest BCUT2D eigenvalue weighted by Crippen LogP contribution is -2.29. The molecule has 0 saturated heterocycles. The first-order valence-corrected chi connectivity index (χ1v) is 11.1. The standard InChI is InChI=1S/C24H22ClNO2.C4H10O/c1-15-12-18-5-4-16(10-11-24(2,3)26)13-21(18)23(20(15)14-22(27)28)17-6-8-19(25)9-7-17;1-4(2,3)5/h4-9,12-13H,14,26H2,1-3H3,(H,27,28);5H,1-3H3. The van der Waals surface area contributed by atoms with Crippen LogP contribution < -0.4 is 5.73 Å². The largest absolute Gasteiger partial charge is 0.481 e. The number of carbonyl (C=O) groups is 1. The summed E-state index contributed by atoms with van der Waals surface area (Å²) in [5, 5.41) is 20.6. The van der Waals surface area contributed by atoms with Crippen molar-refractivity contribution in [3.8, 4) is 23.0 Å². The summed E-state index contributed by atoms with van der Waals surface area (Å²) in [5.74, 6) is 5.31. The van der Waals surface area contributed by atoms with E-state index in [4.69, 9.17) is 22.4 Å². The molecule has 174 valence electrons. The lowest BCUT2D eigenvalue weighted by Gasteiger charge is -2.16. The van der Waals surface area contributed by atoms with Crippen molar-refractivity contribution in [3.63, 3.8) is 0 Å². The van der Waals surface area contributed by atoms with Crippen LogP contribution in [0.4, 0.5) is 0 Å². The van der Waals surface area contributed by atoms with Crippen molar-refractivity contribution in [2.75, 3.05) is 0 Å². The molecule has 3 aromatic rings. The van der Waals surface area contributed by atoms with Crippen LogP contribution in [0.3, 0.4) is 0 Å². The lowest BCUT2D eigenvalue weighted by atomic mass is 9.88. The fourth-order valence-electron chi connectivity index (χ4n) is 3.22. The quantitative estimate of drug-likeness (QED) is 0.416. The number of hydrogen-bond donors (Lipinski definition) is 3. The van der Waals surface area contributed by atoms with E-state index >= 15 is 0 Å². The van der Waals surface area contributed by atoms with Crippen LogP contribution in [-0.4, -0.2) is 27.3 Å². The molecule has 0 aromatic heterocycles. The minimum absolute atomic E-state index is 0.0501. The van der Waals surface area contributed by atoms with Crippen molar-refractivity contribution in [2.45, 2.75) is 59.1 Å². The van der Waals surface area contributed by atoms with E-state index in [0.29, 0.717) is 5.02 Å². The molecule has 0 bridgehead atoms. The Morgan fingerprint density at radius 1 is 1.03 bits per heavy atom. The zero-order valence-corrected chi connectivity index (χ0v) is 20.8. The number of fused-ring (bicyclic) bond motifs is 1. The van der Waals surface area contributed by atoms with Gasteiger partial charge in [-0.25, -0.2) is 0 Å². The van der Waals surface area contributed by atoms with E-state index in [1.807, 2.05) is 69.3 Å². The maximum atomic E-state index is 11.5. The zero-order chi connectivity index (χ0) is 25.0. The number of carboxylic acids is 1. The van der Waals surface area contributed by atoms with Crippen LogP contribution in [0.1, 0.15) is 51.3 Å². The molecule has 0 saturated carbocycles. The third-order valence-corrected chi connectivity index (χ3v) is 4.71. The Morgan fingerprint density at radius 2 is 1.61 bits per heavy atom. The average Bonchev–Trinajstić information content (AvgIpc) is 2.66. The highest BCUT2D eigenvalue weighted by molar-refractivity contribution is 6.30. The molecule has 3 rings (SSSR count). The summed E-state index contributed by atoms with van der Waals surface area (Å²) in [5.41, 5.74) is 9.31. The highest BCUT2D eigenvalue weighted by atomic mass is 35.5. The Hall–Kier alpha value is -2.84. The zero-order valence-electron chi connectivity index (χ0n) is 20.1. The van der Waals surface area contributed by atoms with Crippen LogP contribution in [0.15, 0.2) is 48.5 Å². The number of aliphatic hydroxyl groups is 1. The number of halogens is 1. The fourth-order valence-corrected chi connectivity index (χ4v) is 3.34. The molecule has 33 heavy (non-hydrogen) atoms. The molecule has 0 aliphatic carbocycles. The first-order valence-electron chi connectivity index (χ1n) is 10.7. The number of hydrogen-bond acceptors (Lipinski definition) is 3. The molecule has 0 unspecified atom stereocenters. The van der Waals surface area contributed by atoms with E-state index < -0.39 is 17.1 Å². The summed E-state index contributed by atoms with van der Waals surface area (Å²) < 4.78 is 0. The molecular weight excluding hydrogens is 434 g/mol. The van der Waals surface area contributed by atoms with Crippen molar-refractivity contribution in [1.82, 2.24) is 0 Å². The van der Waals surface area contributed by atoms with Gasteiger partial charge in [-0.3, -0.25) is 4.79 Å². The van der Waals surface area contributed by atoms with E-state index in [1.165, 1.54) is 0 Å². The van der Waals surface area contributed by atoms with Gasteiger partial charge in [0.2, 0.25) is 0 Å². The molecular formula is C28H32ClNO3. The molecule has 0 radical (unpaired) electrons. The van der Waals surface area contributed by atoms with E-state index in [1.54, 1.807) is 20.8 Å². The fraction of sp³-hybridized carbons (Fsp3) is 0.321. The Kier molecular flexibility index (Phi) is 8.32. The summed E-state index contributed by atoms with van der Waals surface area (Å²) in [6.07, 6.45) is -0.0501. The van der Waals surface area contributed by atoms with Crippen LogP contribution >= 0.6 is 11.6 Å². The molecule has 0 aliphatic rings. The second kappa shape index (κ2) is 10.4. The number of nitrogens with two attached hydrogens (primary N) is 1. The minimum Gasteiger partial charge on any atom is -0.481 e. The van der Waals surface area contributed by atoms with Gasteiger partial charge in [0.1, 0.15) is 0 Å². The summed E-state index contributed by atoms with van der Waals surface area (Å²) in [4.78, 5) is 11.5. The summed E-state index contributed by atoms with van der Waals surface area (Å²) >= 11 is 6.06. The first kappa shape index (κ1) is 26.4. The SMILES string of the molecule is CC(C)(C)O.Cc1cc2ccc(C#CC(C)(C)N)cc2c(-c2ccc(Cl)cc2)c1CC(=O)O. The Balaban J connectivity index is 0.000000696. The predicted molar refractivity (Wildman–Crippen MR) is 138 cm³/mol. The summed E-state index contributed by atoms with van der Waals surface area (Å²) in [6.45, 7) is 10.9. The molecule has 0 atom stereocenters. The van der Waals surface area contributed by atoms with Gasteiger partial charge in [0, 0.05) is 10.6 Å². The normalized spacial score (nSPS) is 11.3. The topological polar surface area (TPSA) is 83.5 Å². The Bertz CT molecular complexity index is 1200. The molecule has 0 aliphatic heterocycles. The van der Waals surface area contributed by atoms with Crippen LogP contribution in [-0.2, 0) is 11.2 Å². The summed E-state index contributed by atoms with van der Waals surface area (Å²) in [7, 11) is 0. The first-order chi connectivity index (χ1) is 15.1. The van der Waals surface area contributed by atoms with Crippen molar-refractivity contribution in [3.05, 3.63) is 70.2 Å². The molecule has 3 aromatic carbocycles. The lowest BCUT2D eigenvalue weighted by molar-refractivity contribution is -0.136. The van der Waals surface area contributed by atoms with Crippen LogP contribution in [0.25, 0.3) is 21.9 Å². The van der Waals surface area contributed by atoms with Gasteiger partial charge in [-0.05, 0) is 98.8 Å². The molecule has 0 heterocycles. The third kappa shape index (κ3) is 8.55. The predicted octanol–water partition coefficient (Wildman–Crippen LogP) is 5.96. The number of aliphatic carboxylic acids is 1. The third-order valence-electron chi connectivity index (χ3n) is 4.46. The van der Waals surface area contributed by atoms with E-state index in [9.17, 15) is 9.90 Å². The van der Waals surface area contributed by atoms with Crippen molar-refractivity contribution >= 4 is 28.3 Å². The molecule has 5 heteroatoms. The van der Waals surface area contributed by atoms with Gasteiger partial charge >= 0.3 is 5.97 Å². The van der Waals surface area contributed by atoms with Crippen molar-refractivity contribution in [1.29, 1.82) is 0 Å². The van der Waals surface area contributed by atoms with Gasteiger partial charge in [-0.15, -0.1) is 0 Å². The molecule has 0 spiro atoms. The van der Waals surface area contributed by atoms with Crippen LogP contribution in [0.2, 0.25) is 5.02 Å². The Labute approximate surface area is 201 Å². The maximum Gasteiger partial charge on any atom is 0.307 e. The second-order valence-corrected chi connectivity index (χ2v) is 10.1. The average molecular weight is 466 g/mol. The van der Waals surface area contributed by atoms with Crippen molar-refractivity contribution in [2.24, 2.45) is 5.73 Å². The number of aryl methyl sites for hydroxylation is 1. The van der Waals surface area contributed by atoms with Gasteiger partial charge < -0.3 is 15.9 Å². The maximum absolute atomic E-state index is 11.5.